The summed E-state index contributed by atoms with van der Waals surface area (Å²) in [4.78, 5) is 27.1. The first-order valence-electron chi connectivity index (χ1n) is 5.70. The van der Waals surface area contributed by atoms with E-state index < -0.39 is 5.69 Å². The average Bonchev–Trinajstić information content (AvgIpc) is 2.22. The van der Waals surface area contributed by atoms with Crippen molar-refractivity contribution in [2.75, 3.05) is 5.32 Å². The molecule has 1 aliphatic carbocycles. The zero-order chi connectivity index (χ0) is 12.4. The van der Waals surface area contributed by atoms with Gasteiger partial charge in [0.2, 0.25) is 0 Å². The first-order valence-corrected chi connectivity index (χ1v) is 5.70. The van der Waals surface area contributed by atoms with Gasteiger partial charge >= 0.3 is 5.69 Å². The minimum absolute atomic E-state index is 0.352. The van der Waals surface area contributed by atoms with Crippen molar-refractivity contribution in [2.45, 2.75) is 26.7 Å². The van der Waals surface area contributed by atoms with Crippen LogP contribution in [0, 0.1) is 0 Å². The molecule has 3 N–H and O–H groups in total. The van der Waals surface area contributed by atoms with E-state index in [9.17, 15) is 9.59 Å². The van der Waals surface area contributed by atoms with Crippen molar-refractivity contribution >= 4 is 11.9 Å². The molecule has 0 aromatic carbocycles. The number of anilines is 1. The Hall–Kier alpha value is -2.04. The second-order valence-corrected chi connectivity index (χ2v) is 4.02. The molecule has 0 fully saturated rings. The first kappa shape index (κ1) is 11.4. The molecule has 17 heavy (non-hydrogen) atoms. The number of rotatable bonds is 0. The lowest BCUT2D eigenvalue weighted by Crippen LogP contribution is -2.29. The van der Waals surface area contributed by atoms with Crippen molar-refractivity contribution < 1.29 is 0 Å². The molecule has 0 unspecified atom stereocenters. The van der Waals surface area contributed by atoms with Crippen LogP contribution >= 0.6 is 0 Å². The van der Waals surface area contributed by atoms with Gasteiger partial charge in [0.1, 0.15) is 5.82 Å². The topological polar surface area (TPSA) is 77.8 Å². The molecule has 1 aliphatic heterocycles. The van der Waals surface area contributed by atoms with Gasteiger partial charge in [0, 0.05) is 5.70 Å². The van der Waals surface area contributed by atoms with E-state index in [1.807, 2.05) is 6.08 Å². The zero-order valence-corrected chi connectivity index (χ0v) is 9.89. The normalized spacial score (nSPS) is 14.9. The van der Waals surface area contributed by atoms with Gasteiger partial charge in [-0.2, -0.15) is 0 Å². The van der Waals surface area contributed by atoms with Crippen molar-refractivity contribution in [3.05, 3.63) is 43.7 Å². The Morgan fingerprint density at radius 3 is 2.53 bits per heavy atom. The van der Waals surface area contributed by atoms with Crippen LogP contribution in [0.4, 0.5) is 5.82 Å². The van der Waals surface area contributed by atoms with Crippen LogP contribution < -0.4 is 16.6 Å². The molecule has 1 aromatic heterocycles. The number of allylic oxidation sites excluding steroid dienone is 2. The molecular formula is C12H15N3O2. The highest BCUT2D eigenvalue weighted by Gasteiger charge is 2.21. The monoisotopic (exact) mass is 233 g/mol. The molecule has 2 aliphatic rings. The van der Waals surface area contributed by atoms with Gasteiger partial charge < -0.3 is 5.32 Å². The number of aromatic nitrogens is 2. The van der Waals surface area contributed by atoms with Crippen LogP contribution in [0.1, 0.15) is 32.3 Å². The predicted molar refractivity (Wildman–Crippen MR) is 67.9 cm³/mol. The molecule has 0 spiro atoms. The van der Waals surface area contributed by atoms with Crippen molar-refractivity contribution in [2.24, 2.45) is 0 Å². The summed E-state index contributed by atoms with van der Waals surface area (Å²) in [6.45, 7) is 4.25. The number of nitrogens with one attached hydrogen (secondary N) is 3. The molecule has 0 bridgehead atoms. The Bertz CT molecular complexity index is 605. The number of hydrogen-bond acceptors (Lipinski definition) is 3. The summed E-state index contributed by atoms with van der Waals surface area (Å²) in [5.74, 6) is 0.480. The molecule has 1 aromatic rings. The fraction of sp³-hybridized carbons (Fsp3) is 0.333. The van der Waals surface area contributed by atoms with Crippen molar-refractivity contribution in [1.29, 1.82) is 0 Å². The van der Waals surface area contributed by atoms with E-state index >= 15 is 0 Å². The molecule has 90 valence electrons. The minimum Gasteiger partial charge on any atom is -0.341 e. The van der Waals surface area contributed by atoms with Crippen LogP contribution in [0.25, 0.3) is 6.08 Å². The lowest BCUT2D eigenvalue weighted by atomic mass is 9.93. The molecule has 5 nitrogen and oxygen atoms in total. The third-order valence-corrected chi connectivity index (χ3v) is 2.43. The summed E-state index contributed by atoms with van der Waals surface area (Å²) in [7, 11) is 0. The average molecular weight is 233 g/mol. The molecule has 2 heterocycles. The maximum Gasteiger partial charge on any atom is 0.327 e. The largest absolute Gasteiger partial charge is 0.341 e. The van der Waals surface area contributed by atoms with Crippen molar-refractivity contribution in [1.82, 2.24) is 9.97 Å². The van der Waals surface area contributed by atoms with E-state index in [2.05, 4.69) is 29.1 Å². The highest BCUT2D eigenvalue weighted by Crippen LogP contribution is 2.33. The molecule has 5 heteroatoms. The lowest BCUT2D eigenvalue weighted by molar-refractivity contribution is 0.997. The summed E-state index contributed by atoms with van der Waals surface area (Å²) in [5, 5.41) is 3.00. The van der Waals surface area contributed by atoms with E-state index in [0.29, 0.717) is 11.4 Å². The summed E-state index contributed by atoms with van der Waals surface area (Å²) in [6.07, 6.45) is 5.94. The van der Waals surface area contributed by atoms with Gasteiger partial charge in [-0.1, -0.05) is 26.3 Å². The maximum atomic E-state index is 11.4. The molecule has 0 atom stereocenters. The van der Waals surface area contributed by atoms with Gasteiger partial charge in [-0.25, -0.2) is 4.79 Å². The summed E-state index contributed by atoms with van der Waals surface area (Å²) in [6, 6.07) is 0. The third kappa shape index (κ3) is 2.08. The Morgan fingerprint density at radius 1 is 1.24 bits per heavy atom. The zero-order valence-electron chi connectivity index (χ0n) is 9.89. The van der Waals surface area contributed by atoms with E-state index in [0.717, 1.165) is 17.7 Å². The van der Waals surface area contributed by atoms with Gasteiger partial charge in [0.15, 0.2) is 0 Å². The minimum atomic E-state index is -0.488. The van der Waals surface area contributed by atoms with Gasteiger partial charge in [0.25, 0.3) is 5.56 Å². The van der Waals surface area contributed by atoms with Crippen LogP contribution in [0.3, 0.4) is 0 Å². The van der Waals surface area contributed by atoms with Crippen LogP contribution in [-0.4, -0.2) is 9.97 Å². The Morgan fingerprint density at radius 2 is 1.94 bits per heavy atom. The van der Waals surface area contributed by atoms with E-state index in [1.165, 1.54) is 6.42 Å². The number of H-pyrrole nitrogens is 2. The van der Waals surface area contributed by atoms with Crippen LogP contribution in [0.2, 0.25) is 0 Å². The number of aromatic amines is 2. The quantitative estimate of drug-likeness (QED) is 0.636. The fourth-order valence-electron chi connectivity index (χ4n) is 1.63. The third-order valence-electron chi connectivity index (χ3n) is 2.43. The maximum absolute atomic E-state index is 11.4. The van der Waals surface area contributed by atoms with E-state index in [-0.39, 0.29) is 5.56 Å². The molecule has 0 saturated heterocycles. The Balaban J connectivity index is 0.000000329. The van der Waals surface area contributed by atoms with Gasteiger partial charge in [0.05, 0.1) is 5.56 Å². The summed E-state index contributed by atoms with van der Waals surface area (Å²) >= 11 is 0. The van der Waals surface area contributed by atoms with Gasteiger partial charge in [-0.15, -0.1) is 0 Å². The molecule has 0 saturated carbocycles. The summed E-state index contributed by atoms with van der Waals surface area (Å²) in [5.41, 5.74) is 1.75. The Kier molecular flexibility index (Phi) is 2.99. The van der Waals surface area contributed by atoms with Crippen LogP contribution in [0.15, 0.2) is 26.9 Å². The highest BCUT2D eigenvalue weighted by molar-refractivity contribution is 5.77. The predicted octanol–water partition coefficient (Wildman–Crippen LogP) is 1.58. The number of fused-ring (bicyclic) bond motifs is 2. The molecule has 3 rings (SSSR count). The second-order valence-electron chi connectivity index (χ2n) is 4.02. The first-order chi connectivity index (χ1) is 8.15. The van der Waals surface area contributed by atoms with E-state index in [4.69, 9.17) is 0 Å². The lowest BCUT2D eigenvalue weighted by Gasteiger charge is -2.25. The molecular weight excluding hydrogens is 218 g/mol. The highest BCUT2D eigenvalue weighted by atomic mass is 16.2. The fourth-order valence-corrected chi connectivity index (χ4v) is 1.63. The van der Waals surface area contributed by atoms with E-state index in [1.54, 1.807) is 6.08 Å². The van der Waals surface area contributed by atoms with Gasteiger partial charge in [-0.05, 0) is 18.1 Å². The molecule has 0 radical (unpaired) electrons. The van der Waals surface area contributed by atoms with Crippen molar-refractivity contribution in [3.63, 3.8) is 0 Å². The Labute approximate surface area is 98.3 Å². The van der Waals surface area contributed by atoms with Crippen LogP contribution in [-0.2, 0) is 0 Å². The van der Waals surface area contributed by atoms with Crippen molar-refractivity contribution in [3.8, 4) is 0 Å². The number of hydrogen-bond donors (Lipinski definition) is 3. The molecule has 0 amide bonds. The second kappa shape index (κ2) is 4.45. The summed E-state index contributed by atoms with van der Waals surface area (Å²) < 4.78 is 0. The van der Waals surface area contributed by atoms with Crippen LogP contribution in [0.5, 0.6) is 0 Å². The standard InChI is InChI=1S/C9H7N3O2.C3H8/c13-8-5-3-4-1-2-6(4)10-7(5)11-9(14)12-8;1-3-2/h2-3H,1H2,(H3,10,11,12,13,14);3H2,1-2H3. The SMILES string of the molecule is CCC.O=c1[nH]c2c(c(=O)[nH]1)C=C1CC=C1N2. The smallest absolute Gasteiger partial charge is 0.327 e. The van der Waals surface area contributed by atoms with Gasteiger partial charge in [-0.3, -0.25) is 14.8 Å².